The van der Waals surface area contributed by atoms with E-state index in [1.807, 2.05) is 36.5 Å². The van der Waals surface area contributed by atoms with Crippen LogP contribution in [0.15, 0.2) is 36.5 Å². The molecule has 2 aromatic heterocycles. The summed E-state index contributed by atoms with van der Waals surface area (Å²) in [6.07, 6.45) is 1.93. The highest BCUT2D eigenvalue weighted by Crippen LogP contribution is 2.27. The number of benzene rings is 1. The molecule has 4 nitrogen and oxygen atoms in total. The third-order valence-electron chi connectivity index (χ3n) is 3.11. The van der Waals surface area contributed by atoms with Crippen LogP contribution in [0.3, 0.4) is 0 Å². The van der Waals surface area contributed by atoms with Crippen LogP contribution in [0.25, 0.3) is 22.2 Å². The van der Waals surface area contributed by atoms with Crippen molar-refractivity contribution in [2.24, 2.45) is 7.05 Å². The number of Topliss-reactive ketones (excluding diaryl/α,β-unsaturated/α-hetero) is 1. The van der Waals surface area contributed by atoms with Crippen molar-refractivity contribution < 1.29 is 4.79 Å². The quantitative estimate of drug-likeness (QED) is 0.699. The minimum atomic E-state index is 0.0242. The number of nitrogens with zero attached hydrogens (tertiary/aromatic N) is 2. The summed E-state index contributed by atoms with van der Waals surface area (Å²) < 4.78 is 1.62. The molecule has 3 aromatic rings. The van der Waals surface area contributed by atoms with Crippen LogP contribution in [-0.2, 0) is 7.05 Å². The molecule has 90 valence electrons. The van der Waals surface area contributed by atoms with Crippen molar-refractivity contribution in [3.63, 3.8) is 0 Å². The average Bonchev–Trinajstić information content (AvgIpc) is 2.92. The Bertz CT molecular complexity index is 736. The van der Waals surface area contributed by atoms with Crippen molar-refractivity contribution in [3.8, 4) is 11.3 Å². The van der Waals surface area contributed by atoms with Gasteiger partial charge >= 0.3 is 0 Å². The van der Waals surface area contributed by atoms with Crippen LogP contribution in [-0.4, -0.2) is 20.5 Å². The van der Waals surface area contributed by atoms with E-state index in [-0.39, 0.29) is 5.78 Å². The van der Waals surface area contributed by atoms with Gasteiger partial charge in [0.15, 0.2) is 5.78 Å². The zero-order valence-electron chi connectivity index (χ0n) is 10.3. The number of H-pyrrole nitrogens is 1. The molecule has 1 N–H and O–H groups in total. The Balaban J connectivity index is 2.20. The lowest BCUT2D eigenvalue weighted by Gasteiger charge is -1.93. The van der Waals surface area contributed by atoms with E-state index in [1.165, 1.54) is 0 Å². The van der Waals surface area contributed by atoms with Crippen molar-refractivity contribution >= 4 is 16.7 Å². The van der Waals surface area contributed by atoms with E-state index in [9.17, 15) is 4.79 Å². The molecule has 0 spiro atoms. The van der Waals surface area contributed by atoms with Crippen LogP contribution in [0.4, 0.5) is 0 Å². The standard InChI is InChI=1S/C14H13N3O/c1-9(18)14-7-13(16-17(14)2)11-8-15-12-6-4-3-5-10(11)12/h3-8,15H,1-2H3. The van der Waals surface area contributed by atoms with Gasteiger partial charge in [-0.15, -0.1) is 0 Å². The van der Waals surface area contributed by atoms with E-state index >= 15 is 0 Å². The second-order valence-electron chi connectivity index (χ2n) is 4.34. The summed E-state index contributed by atoms with van der Waals surface area (Å²) in [4.78, 5) is 14.7. The Morgan fingerprint density at radius 1 is 1.33 bits per heavy atom. The van der Waals surface area contributed by atoms with Crippen LogP contribution in [0, 0.1) is 0 Å². The van der Waals surface area contributed by atoms with Crippen molar-refractivity contribution in [1.82, 2.24) is 14.8 Å². The number of nitrogens with one attached hydrogen (secondary N) is 1. The molecule has 0 fully saturated rings. The normalized spacial score (nSPS) is 11.0. The fourth-order valence-corrected chi connectivity index (χ4v) is 2.21. The number of aromatic amines is 1. The average molecular weight is 239 g/mol. The zero-order valence-corrected chi connectivity index (χ0v) is 10.3. The van der Waals surface area contributed by atoms with Crippen molar-refractivity contribution in [2.75, 3.05) is 0 Å². The van der Waals surface area contributed by atoms with Gasteiger partial charge in [-0.25, -0.2) is 0 Å². The minimum absolute atomic E-state index is 0.0242. The van der Waals surface area contributed by atoms with E-state index in [0.29, 0.717) is 5.69 Å². The highest BCUT2D eigenvalue weighted by Gasteiger charge is 2.13. The Kier molecular flexibility index (Phi) is 2.30. The number of aromatic nitrogens is 3. The number of para-hydroxylation sites is 1. The van der Waals surface area contributed by atoms with Crippen molar-refractivity contribution in [1.29, 1.82) is 0 Å². The van der Waals surface area contributed by atoms with Crippen LogP contribution >= 0.6 is 0 Å². The zero-order chi connectivity index (χ0) is 12.7. The molecule has 0 aliphatic heterocycles. The summed E-state index contributed by atoms with van der Waals surface area (Å²) in [6, 6.07) is 9.88. The molecule has 2 heterocycles. The maximum atomic E-state index is 11.4. The van der Waals surface area contributed by atoms with Crippen molar-refractivity contribution in [2.45, 2.75) is 6.92 Å². The minimum Gasteiger partial charge on any atom is -0.360 e. The van der Waals surface area contributed by atoms with Gasteiger partial charge in [-0.2, -0.15) is 5.10 Å². The molecule has 0 saturated heterocycles. The van der Waals surface area contributed by atoms with Gasteiger partial charge in [0.05, 0.1) is 5.69 Å². The lowest BCUT2D eigenvalue weighted by molar-refractivity contribution is 0.100. The molecule has 0 unspecified atom stereocenters. The molecule has 3 rings (SSSR count). The fraction of sp³-hybridized carbons (Fsp3) is 0.143. The van der Waals surface area contributed by atoms with Gasteiger partial charge in [-0.05, 0) is 12.1 Å². The number of carbonyl (C=O) groups excluding carboxylic acids is 1. The first-order valence-electron chi connectivity index (χ1n) is 5.78. The molecule has 0 radical (unpaired) electrons. The van der Waals surface area contributed by atoms with Crippen LogP contribution in [0.5, 0.6) is 0 Å². The van der Waals surface area contributed by atoms with Gasteiger partial charge in [-0.3, -0.25) is 9.48 Å². The number of ketones is 1. The Labute approximate surface area is 104 Å². The molecule has 0 bridgehead atoms. The lowest BCUT2D eigenvalue weighted by atomic mass is 10.1. The summed E-state index contributed by atoms with van der Waals surface area (Å²) >= 11 is 0. The first-order valence-corrected chi connectivity index (χ1v) is 5.78. The second-order valence-corrected chi connectivity index (χ2v) is 4.34. The topological polar surface area (TPSA) is 50.7 Å². The highest BCUT2D eigenvalue weighted by atomic mass is 16.1. The molecule has 0 atom stereocenters. The Morgan fingerprint density at radius 2 is 2.11 bits per heavy atom. The van der Waals surface area contributed by atoms with Gasteiger partial charge < -0.3 is 4.98 Å². The summed E-state index contributed by atoms with van der Waals surface area (Å²) in [5.41, 5.74) is 3.53. The first kappa shape index (κ1) is 10.8. The predicted molar refractivity (Wildman–Crippen MR) is 70.5 cm³/mol. The number of fused-ring (bicyclic) bond motifs is 1. The predicted octanol–water partition coefficient (Wildman–Crippen LogP) is 2.77. The second kappa shape index (κ2) is 3.84. The lowest BCUT2D eigenvalue weighted by Crippen LogP contribution is -2.02. The SMILES string of the molecule is CC(=O)c1cc(-c2c[nH]c3ccccc23)nn1C. The van der Waals surface area contributed by atoms with E-state index in [4.69, 9.17) is 0 Å². The number of rotatable bonds is 2. The van der Waals surface area contributed by atoms with Gasteiger partial charge in [0.1, 0.15) is 5.69 Å². The van der Waals surface area contributed by atoms with Gasteiger partial charge in [0.2, 0.25) is 0 Å². The molecule has 0 aliphatic rings. The third-order valence-corrected chi connectivity index (χ3v) is 3.11. The molecule has 0 aliphatic carbocycles. The molecule has 0 amide bonds. The largest absolute Gasteiger partial charge is 0.360 e. The number of carbonyl (C=O) groups is 1. The van der Waals surface area contributed by atoms with E-state index in [0.717, 1.165) is 22.2 Å². The molecular formula is C14H13N3O. The Hall–Kier alpha value is -2.36. The van der Waals surface area contributed by atoms with Crippen LogP contribution < -0.4 is 0 Å². The fourth-order valence-electron chi connectivity index (χ4n) is 2.21. The molecular weight excluding hydrogens is 226 g/mol. The summed E-state index contributed by atoms with van der Waals surface area (Å²) in [6.45, 7) is 1.55. The summed E-state index contributed by atoms with van der Waals surface area (Å²) in [7, 11) is 1.79. The molecule has 18 heavy (non-hydrogen) atoms. The third kappa shape index (κ3) is 1.54. The summed E-state index contributed by atoms with van der Waals surface area (Å²) in [5.74, 6) is 0.0242. The van der Waals surface area contributed by atoms with Crippen molar-refractivity contribution in [3.05, 3.63) is 42.2 Å². The van der Waals surface area contributed by atoms with E-state index < -0.39 is 0 Å². The van der Waals surface area contributed by atoms with Gasteiger partial charge in [0, 0.05) is 36.6 Å². The van der Waals surface area contributed by atoms with Crippen LogP contribution in [0.2, 0.25) is 0 Å². The van der Waals surface area contributed by atoms with Crippen LogP contribution in [0.1, 0.15) is 17.4 Å². The van der Waals surface area contributed by atoms with Gasteiger partial charge in [0.25, 0.3) is 0 Å². The maximum Gasteiger partial charge on any atom is 0.177 e. The monoisotopic (exact) mass is 239 g/mol. The molecule has 0 saturated carbocycles. The van der Waals surface area contributed by atoms with E-state index in [1.54, 1.807) is 18.7 Å². The van der Waals surface area contributed by atoms with E-state index in [2.05, 4.69) is 10.1 Å². The Morgan fingerprint density at radius 3 is 2.83 bits per heavy atom. The first-order chi connectivity index (χ1) is 8.66. The number of aryl methyl sites for hydroxylation is 1. The summed E-state index contributed by atoms with van der Waals surface area (Å²) in [5, 5.41) is 5.52. The number of hydrogen-bond acceptors (Lipinski definition) is 2. The highest BCUT2D eigenvalue weighted by molar-refractivity contribution is 5.97. The number of hydrogen-bond donors (Lipinski definition) is 1. The molecule has 4 heteroatoms. The maximum absolute atomic E-state index is 11.4. The molecule has 1 aromatic carbocycles. The smallest absolute Gasteiger partial charge is 0.177 e. The van der Waals surface area contributed by atoms with Gasteiger partial charge in [-0.1, -0.05) is 18.2 Å².